The van der Waals surface area contributed by atoms with Crippen LogP contribution in [0, 0.1) is 5.92 Å². The van der Waals surface area contributed by atoms with Crippen LogP contribution in [0.1, 0.15) is 27.2 Å². The van der Waals surface area contributed by atoms with E-state index in [1.54, 1.807) is 0 Å². The summed E-state index contributed by atoms with van der Waals surface area (Å²) in [5.41, 5.74) is 0.981. The van der Waals surface area contributed by atoms with E-state index in [4.69, 9.17) is 0 Å². The van der Waals surface area contributed by atoms with Gasteiger partial charge in [0.1, 0.15) is 0 Å². The van der Waals surface area contributed by atoms with Crippen molar-refractivity contribution in [2.45, 2.75) is 32.9 Å². The van der Waals surface area contributed by atoms with Crippen LogP contribution in [0.2, 0.25) is 0 Å². The smallest absolute Gasteiger partial charge is 0.0219 e. The Morgan fingerprint density at radius 1 is 1.38 bits per heavy atom. The van der Waals surface area contributed by atoms with Crippen LogP contribution >= 0.6 is 8.58 Å². The molecule has 2 atom stereocenters. The molecule has 0 aliphatic carbocycles. The predicted molar refractivity (Wildman–Crippen MR) is 43.2 cm³/mol. The summed E-state index contributed by atoms with van der Waals surface area (Å²) in [6.07, 6.45) is 1.35. The minimum absolute atomic E-state index is 0.892. The van der Waals surface area contributed by atoms with Crippen molar-refractivity contribution in [1.29, 1.82) is 0 Å². The molecule has 0 aliphatic heterocycles. The van der Waals surface area contributed by atoms with Crippen molar-refractivity contribution in [2.75, 3.05) is 6.66 Å². The van der Waals surface area contributed by atoms with Gasteiger partial charge in [-0.1, -0.05) is 20.8 Å². The lowest BCUT2D eigenvalue weighted by Gasteiger charge is -2.15. The molecule has 0 fully saturated rings. The third-order valence-corrected chi connectivity index (χ3v) is 3.43. The Morgan fingerprint density at radius 3 is 1.88 bits per heavy atom. The lowest BCUT2D eigenvalue weighted by Crippen LogP contribution is -2.06. The fourth-order valence-electron chi connectivity index (χ4n) is 1.01. The van der Waals surface area contributed by atoms with Crippen LogP contribution in [0.3, 0.4) is 0 Å². The highest BCUT2D eigenvalue weighted by molar-refractivity contribution is 7.37. The zero-order chi connectivity index (χ0) is 6.57. The molecule has 8 heavy (non-hydrogen) atoms. The molecule has 0 radical (unpaired) electrons. The summed E-state index contributed by atoms with van der Waals surface area (Å²) in [5, 5.41) is 0. The van der Waals surface area contributed by atoms with Crippen LogP contribution in [0.25, 0.3) is 0 Å². The van der Waals surface area contributed by atoms with Crippen LogP contribution in [-0.2, 0) is 0 Å². The first-order chi connectivity index (χ1) is 3.72. The van der Waals surface area contributed by atoms with Crippen LogP contribution < -0.4 is 0 Å². The second-order valence-electron chi connectivity index (χ2n) is 2.55. The third-order valence-electron chi connectivity index (χ3n) is 1.62. The molecule has 0 nitrogen and oxygen atoms in total. The van der Waals surface area contributed by atoms with E-state index >= 15 is 0 Å². The Hall–Kier alpha value is 0.430. The summed E-state index contributed by atoms with van der Waals surface area (Å²) in [5.74, 6) is 0.892. The molecule has 0 rings (SSSR count). The third kappa shape index (κ3) is 2.67. The van der Waals surface area contributed by atoms with Gasteiger partial charge in [-0.05, 0) is 24.7 Å². The van der Waals surface area contributed by atoms with Gasteiger partial charge in [-0.15, -0.1) is 8.58 Å². The Labute approximate surface area is 54.8 Å². The molecule has 0 spiro atoms. The Morgan fingerprint density at radius 2 is 1.88 bits per heavy atom. The Balaban J connectivity index is 3.35. The van der Waals surface area contributed by atoms with Gasteiger partial charge in [-0.25, -0.2) is 0 Å². The fourth-order valence-corrected chi connectivity index (χ4v) is 2.08. The number of hydrogen-bond donors (Lipinski definition) is 0. The molecule has 50 valence electrons. The van der Waals surface area contributed by atoms with Gasteiger partial charge < -0.3 is 0 Å². The topological polar surface area (TPSA) is 0 Å². The normalized spacial score (nSPS) is 16.1. The first-order valence-electron chi connectivity index (χ1n) is 3.39. The molecular weight excluding hydrogens is 115 g/mol. The molecule has 1 heteroatoms. The van der Waals surface area contributed by atoms with Gasteiger partial charge >= 0.3 is 0 Å². The highest BCUT2D eigenvalue weighted by Gasteiger charge is 2.06. The van der Waals surface area contributed by atoms with E-state index in [2.05, 4.69) is 27.4 Å². The van der Waals surface area contributed by atoms with E-state index in [9.17, 15) is 0 Å². The zero-order valence-electron chi connectivity index (χ0n) is 6.36. The summed E-state index contributed by atoms with van der Waals surface area (Å²) in [6.45, 7) is 9.20. The molecule has 0 N–H and O–H groups in total. The van der Waals surface area contributed by atoms with Crippen molar-refractivity contribution in [3.63, 3.8) is 0 Å². The SMILES string of the molecule is CCC(PC)C(C)C. The van der Waals surface area contributed by atoms with Gasteiger partial charge in [0.15, 0.2) is 0 Å². The number of hydrogen-bond acceptors (Lipinski definition) is 0. The van der Waals surface area contributed by atoms with Crippen molar-refractivity contribution in [3.8, 4) is 0 Å². The van der Waals surface area contributed by atoms with Crippen LogP contribution in [-0.4, -0.2) is 12.3 Å². The second kappa shape index (κ2) is 4.32. The molecule has 0 bridgehead atoms. The first-order valence-corrected chi connectivity index (χ1v) is 4.97. The monoisotopic (exact) mass is 132 g/mol. The molecule has 2 unspecified atom stereocenters. The van der Waals surface area contributed by atoms with Gasteiger partial charge in [0, 0.05) is 0 Å². The maximum absolute atomic E-state index is 2.31. The van der Waals surface area contributed by atoms with Crippen molar-refractivity contribution < 1.29 is 0 Å². The largest absolute Gasteiger partial charge is 0.122 e. The summed E-state index contributed by atoms with van der Waals surface area (Å²) in [6, 6.07) is 0. The minimum Gasteiger partial charge on any atom is -0.122 e. The lowest BCUT2D eigenvalue weighted by atomic mass is 10.1. The Bertz CT molecular complexity index is 46.3. The van der Waals surface area contributed by atoms with E-state index in [0.717, 1.165) is 20.2 Å². The maximum atomic E-state index is 2.31. The van der Waals surface area contributed by atoms with Crippen LogP contribution in [0.5, 0.6) is 0 Å². The highest BCUT2D eigenvalue weighted by Crippen LogP contribution is 2.24. The van der Waals surface area contributed by atoms with Gasteiger partial charge in [0.25, 0.3) is 0 Å². The fraction of sp³-hybridized carbons (Fsp3) is 1.00. The molecule has 0 heterocycles. The van der Waals surface area contributed by atoms with Gasteiger partial charge in [0.05, 0.1) is 0 Å². The van der Waals surface area contributed by atoms with E-state index in [1.807, 2.05) is 0 Å². The van der Waals surface area contributed by atoms with Crippen LogP contribution in [0.4, 0.5) is 0 Å². The first kappa shape index (κ1) is 8.43. The minimum atomic E-state index is 0.892. The van der Waals surface area contributed by atoms with Crippen molar-refractivity contribution in [1.82, 2.24) is 0 Å². The van der Waals surface area contributed by atoms with Gasteiger partial charge in [0.2, 0.25) is 0 Å². The van der Waals surface area contributed by atoms with Crippen molar-refractivity contribution in [2.24, 2.45) is 5.92 Å². The standard InChI is InChI=1S/C7H17P/c1-5-7(8-4)6(2)3/h6-8H,5H2,1-4H3. The molecule has 0 saturated carbocycles. The zero-order valence-corrected chi connectivity index (χ0v) is 7.36. The lowest BCUT2D eigenvalue weighted by molar-refractivity contribution is 0.590. The quantitative estimate of drug-likeness (QED) is 0.518. The van der Waals surface area contributed by atoms with E-state index in [1.165, 1.54) is 6.42 Å². The average Bonchev–Trinajstić information content (AvgIpc) is 1.69. The van der Waals surface area contributed by atoms with Gasteiger partial charge in [-0.3, -0.25) is 0 Å². The average molecular weight is 132 g/mol. The second-order valence-corrected chi connectivity index (χ2v) is 3.87. The molecule has 0 aromatic rings. The predicted octanol–water partition coefficient (Wildman–Crippen LogP) is 2.73. The molecular formula is C7H17P. The van der Waals surface area contributed by atoms with Crippen molar-refractivity contribution in [3.05, 3.63) is 0 Å². The number of rotatable bonds is 3. The summed E-state index contributed by atoms with van der Waals surface area (Å²) in [4.78, 5) is 0. The molecule has 0 amide bonds. The maximum Gasteiger partial charge on any atom is -0.0219 e. The summed E-state index contributed by atoms with van der Waals surface area (Å²) in [7, 11) is 1.13. The van der Waals surface area contributed by atoms with Crippen molar-refractivity contribution >= 4 is 8.58 Å². The molecule has 0 aromatic carbocycles. The van der Waals surface area contributed by atoms with E-state index in [-0.39, 0.29) is 0 Å². The molecule has 0 aromatic heterocycles. The van der Waals surface area contributed by atoms with Gasteiger partial charge in [-0.2, -0.15) is 0 Å². The summed E-state index contributed by atoms with van der Waals surface area (Å²) < 4.78 is 0. The molecule has 0 saturated heterocycles. The van der Waals surface area contributed by atoms with Crippen LogP contribution in [0.15, 0.2) is 0 Å². The highest BCUT2D eigenvalue weighted by atomic mass is 31.1. The molecule has 0 aliphatic rings. The van der Waals surface area contributed by atoms with E-state index in [0.29, 0.717) is 0 Å². The Kier molecular flexibility index (Phi) is 4.56. The summed E-state index contributed by atoms with van der Waals surface area (Å²) >= 11 is 0. The van der Waals surface area contributed by atoms with E-state index < -0.39 is 0 Å².